The Labute approximate surface area is 250 Å². The van der Waals surface area contributed by atoms with Crippen LogP contribution in [0.2, 0.25) is 0 Å². The molecule has 45 heavy (non-hydrogen) atoms. The third-order valence-electron chi connectivity index (χ3n) is 6.85. The number of phosphoric acid groups is 2. The zero-order valence-corrected chi connectivity index (χ0v) is 24.4. The van der Waals surface area contributed by atoms with Crippen molar-refractivity contribution in [3.05, 3.63) is 46.8 Å². The number of primary amides is 1. The number of amides is 1. The molecule has 0 radical (unpaired) electrons. The van der Waals surface area contributed by atoms with Crippen molar-refractivity contribution in [1.29, 1.82) is 0 Å². The number of ether oxygens (including phenoxy) is 2. The van der Waals surface area contributed by atoms with Crippen LogP contribution in [0.25, 0.3) is 11.2 Å². The lowest BCUT2D eigenvalue weighted by atomic mass is 10.1. The summed E-state index contributed by atoms with van der Waals surface area (Å²) in [4.78, 5) is 53.5. The first-order valence-corrected chi connectivity index (χ1v) is 15.8. The normalized spacial score (nSPS) is 31.2. The van der Waals surface area contributed by atoms with Gasteiger partial charge in [-0.1, -0.05) is 0 Å². The number of aromatic amines is 1. The van der Waals surface area contributed by atoms with Crippen LogP contribution in [0, 0.1) is 0 Å². The molecule has 5 heterocycles. The molecule has 2 saturated heterocycles. The monoisotopic (exact) mass is 680 g/mol. The number of carbonyl (C=O) groups excluding carboxylic acids is 1. The molecule has 0 aliphatic carbocycles. The molecule has 3 aromatic rings. The molecule has 3 aromatic heterocycles. The van der Waals surface area contributed by atoms with Gasteiger partial charge in [-0.3, -0.25) is 23.2 Å². The molecule has 22 nitrogen and oxygen atoms in total. The Bertz CT molecular complexity index is 1740. The van der Waals surface area contributed by atoms with E-state index < -0.39 is 89.4 Å². The molecule has 24 heteroatoms. The fraction of sp³-hybridized carbons (Fsp3) is 0.476. The maximum atomic E-state index is 12.4. The quantitative estimate of drug-likeness (QED) is 0.0694. The van der Waals surface area contributed by atoms with Crippen molar-refractivity contribution >= 4 is 38.7 Å². The van der Waals surface area contributed by atoms with Gasteiger partial charge in [0.2, 0.25) is 5.95 Å². The molecule has 1 amide bonds. The Morgan fingerprint density at radius 3 is 2.31 bits per heavy atom. The second kappa shape index (κ2) is 12.5. The first-order valence-electron chi connectivity index (χ1n) is 12.8. The zero-order valence-electron chi connectivity index (χ0n) is 22.6. The highest BCUT2D eigenvalue weighted by Crippen LogP contribution is 2.60. The van der Waals surface area contributed by atoms with Gasteiger partial charge in [-0.2, -0.15) is 8.88 Å². The highest BCUT2D eigenvalue weighted by Gasteiger charge is 2.50. The smallest absolute Gasteiger partial charge is 0.387 e. The number of pyridine rings is 1. The molecule has 10 atom stereocenters. The number of rotatable bonds is 11. The SMILES string of the molecule is NC(=O)c1ccc[n+]([C@@H]2O[C@H](COP(=O)(O)OP(=O)(O)OC[C@H]3O[C@@H](n4c(N)nc5c(=O)[nH]cnc54)[C@H](O)[C@@H]3O)[C@@H](O)[C@H]2O)c1. The van der Waals surface area contributed by atoms with E-state index >= 15 is 0 Å². The number of hydrogen-bond donors (Lipinski definition) is 9. The summed E-state index contributed by atoms with van der Waals surface area (Å²) in [5, 5.41) is 41.7. The van der Waals surface area contributed by atoms with Crippen LogP contribution in [0.1, 0.15) is 22.8 Å². The summed E-state index contributed by atoms with van der Waals surface area (Å²) in [6.07, 6.45) is -8.81. The van der Waals surface area contributed by atoms with Gasteiger partial charge in [0.15, 0.2) is 35.9 Å². The molecule has 2 aliphatic rings. The van der Waals surface area contributed by atoms with Gasteiger partial charge in [0.25, 0.3) is 17.7 Å². The van der Waals surface area contributed by atoms with Gasteiger partial charge in [0.1, 0.15) is 36.1 Å². The van der Waals surface area contributed by atoms with Crippen LogP contribution >= 0.6 is 15.6 Å². The van der Waals surface area contributed by atoms with Crippen LogP contribution in [-0.4, -0.2) is 105 Å². The highest BCUT2D eigenvalue weighted by molar-refractivity contribution is 7.61. The van der Waals surface area contributed by atoms with Crippen molar-refractivity contribution < 1.29 is 71.5 Å². The summed E-state index contributed by atoms with van der Waals surface area (Å²) in [5.74, 6) is -1.09. The molecule has 2 fully saturated rings. The lowest BCUT2D eigenvalue weighted by Gasteiger charge is -2.20. The maximum Gasteiger partial charge on any atom is 0.481 e. The maximum absolute atomic E-state index is 12.4. The second-order valence-electron chi connectivity index (χ2n) is 9.85. The van der Waals surface area contributed by atoms with Crippen molar-refractivity contribution in [2.24, 2.45) is 5.73 Å². The van der Waals surface area contributed by atoms with E-state index in [2.05, 4.69) is 28.3 Å². The first kappa shape index (κ1) is 33.2. The number of hydrogen-bond acceptors (Lipinski definition) is 16. The highest BCUT2D eigenvalue weighted by atomic mass is 31.3. The Morgan fingerprint density at radius 2 is 1.67 bits per heavy atom. The van der Waals surface area contributed by atoms with Gasteiger partial charge in [-0.15, -0.1) is 0 Å². The number of phosphoric ester groups is 2. The molecule has 0 saturated carbocycles. The van der Waals surface area contributed by atoms with Gasteiger partial charge in [0.05, 0.1) is 19.5 Å². The van der Waals surface area contributed by atoms with E-state index in [1.807, 2.05) is 0 Å². The van der Waals surface area contributed by atoms with Crippen LogP contribution in [0.4, 0.5) is 5.95 Å². The topological polar surface area (TPSA) is 338 Å². The lowest BCUT2D eigenvalue weighted by Crippen LogP contribution is -2.46. The number of nitrogens with zero attached hydrogens (tertiary/aromatic N) is 4. The van der Waals surface area contributed by atoms with Gasteiger partial charge >= 0.3 is 15.6 Å². The first-order chi connectivity index (χ1) is 21.1. The zero-order chi connectivity index (χ0) is 32.8. The lowest BCUT2D eigenvalue weighted by molar-refractivity contribution is -0.765. The number of nitrogens with two attached hydrogens (primary N) is 2. The number of anilines is 1. The Kier molecular flexibility index (Phi) is 9.23. The molecular formula is C21H28N7O15P2+. The van der Waals surface area contributed by atoms with Crippen molar-refractivity contribution in [1.82, 2.24) is 19.5 Å². The molecule has 0 aromatic carbocycles. The fourth-order valence-electron chi connectivity index (χ4n) is 4.69. The van der Waals surface area contributed by atoms with E-state index in [0.29, 0.717) is 0 Å². The Balaban J connectivity index is 1.17. The number of nitrogens with one attached hydrogen (secondary N) is 1. The summed E-state index contributed by atoms with van der Waals surface area (Å²) in [5.41, 5.74) is 10.2. The molecule has 2 unspecified atom stereocenters. The number of H-pyrrole nitrogens is 1. The Morgan fingerprint density at radius 1 is 1.04 bits per heavy atom. The number of carbonyl (C=O) groups is 1. The summed E-state index contributed by atoms with van der Waals surface area (Å²) >= 11 is 0. The van der Waals surface area contributed by atoms with Crippen molar-refractivity contribution in [2.45, 2.75) is 49.1 Å². The van der Waals surface area contributed by atoms with E-state index in [9.17, 15) is 48.9 Å². The number of aliphatic hydroxyl groups excluding tert-OH is 4. The summed E-state index contributed by atoms with van der Waals surface area (Å²) in [6.45, 7) is -1.89. The van der Waals surface area contributed by atoms with E-state index in [4.69, 9.17) is 20.9 Å². The standard InChI is InChI=1S/C21H27N7O15P2/c22-16(33)8-2-1-3-27(4-8)19-14(31)12(29)9(41-19)5-39-44(35,36)43-45(37,38)40-6-10-13(30)15(32)20(42-10)28-17-11(26-21(28)23)18(34)25-7-24-17/h1-4,7,9-10,12-15,19-20,29-32H,5-6H2,(H6-,22,23,24,25,26,33,34,35,36,37,38)/p+1/t9-,10-,12-,13-,14-,15-,19-,20-/m1/s1. The average Bonchev–Trinajstić information content (AvgIpc) is 3.56. The molecular weight excluding hydrogens is 652 g/mol. The minimum absolute atomic E-state index is 0.0583. The Hall–Kier alpha value is -3.21. The van der Waals surface area contributed by atoms with Crippen LogP contribution in [0.5, 0.6) is 0 Å². The van der Waals surface area contributed by atoms with Crippen molar-refractivity contribution in [3.63, 3.8) is 0 Å². The van der Waals surface area contributed by atoms with E-state index in [1.165, 1.54) is 29.1 Å². The van der Waals surface area contributed by atoms with Crippen molar-refractivity contribution in [3.8, 4) is 0 Å². The number of imidazole rings is 1. The van der Waals surface area contributed by atoms with Gasteiger partial charge < -0.3 is 56.1 Å². The van der Waals surface area contributed by atoms with E-state index in [1.54, 1.807) is 0 Å². The third kappa shape index (κ3) is 6.83. The predicted molar refractivity (Wildman–Crippen MR) is 142 cm³/mol. The molecule has 246 valence electrons. The average molecular weight is 680 g/mol. The molecule has 2 aliphatic heterocycles. The van der Waals surface area contributed by atoms with Crippen LogP contribution in [-0.2, 0) is 32.0 Å². The molecule has 11 N–H and O–H groups in total. The van der Waals surface area contributed by atoms with E-state index in [0.717, 1.165) is 10.9 Å². The van der Waals surface area contributed by atoms with E-state index in [-0.39, 0.29) is 22.7 Å². The minimum Gasteiger partial charge on any atom is -0.387 e. The van der Waals surface area contributed by atoms with Crippen molar-refractivity contribution in [2.75, 3.05) is 18.9 Å². The third-order valence-corrected chi connectivity index (χ3v) is 9.45. The van der Waals surface area contributed by atoms with Gasteiger partial charge in [-0.05, 0) is 6.07 Å². The summed E-state index contributed by atoms with van der Waals surface area (Å²) in [7, 11) is -10.8. The number of aromatic nitrogens is 5. The largest absolute Gasteiger partial charge is 0.481 e. The predicted octanol–water partition coefficient (Wildman–Crippen LogP) is -3.72. The molecule has 0 spiro atoms. The summed E-state index contributed by atoms with van der Waals surface area (Å²) in [6, 6.07) is 2.82. The minimum atomic E-state index is -5.42. The van der Waals surface area contributed by atoms with Crippen LogP contribution in [0.3, 0.4) is 0 Å². The van der Waals surface area contributed by atoms with Crippen LogP contribution in [0.15, 0.2) is 35.6 Å². The van der Waals surface area contributed by atoms with Gasteiger partial charge in [0, 0.05) is 6.07 Å². The molecule has 0 bridgehead atoms. The second-order valence-corrected chi connectivity index (χ2v) is 12.9. The number of fused-ring (bicyclic) bond motifs is 1. The fourth-order valence-corrected chi connectivity index (χ4v) is 6.78. The number of nitrogen functional groups attached to an aromatic ring is 1. The molecule has 5 rings (SSSR count). The van der Waals surface area contributed by atoms with Gasteiger partial charge in [-0.25, -0.2) is 19.1 Å². The summed E-state index contributed by atoms with van der Waals surface area (Å²) < 4.78 is 51.7. The van der Waals surface area contributed by atoms with Crippen LogP contribution < -0.4 is 21.6 Å². The number of aliphatic hydroxyl groups is 4.